The normalized spacial score (nSPS) is 22.2. The van der Waals surface area contributed by atoms with Crippen molar-refractivity contribution < 1.29 is 23.9 Å². The van der Waals surface area contributed by atoms with E-state index in [0.717, 1.165) is 21.9 Å². The SMILES string of the molecule is CCc1ccc(N2C(=O)CC3(CC(C(=O)OC)=NN3C(C)=O)C2=O)cc1. The molecule has 2 aliphatic rings. The van der Waals surface area contributed by atoms with Gasteiger partial charge in [0.2, 0.25) is 11.8 Å². The second kappa shape index (κ2) is 6.36. The van der Waals surface area contributed by atoms with Crippen LogP contribution in [-0.4, -0.2) is 47.1 Å². The Morgan fingerprint density at radius 3 is 2.38 bits per heavy atom. The highest BCUT2D eigenvalue weighted by Gasteiger charge is 2.61. The second-order valence-electron chi connectivity index (χ2n) is 6.31. The Bertz CT molecular complexity index is 830. The van der Waals surface area contributed by atoms with Gasteiger partial charge in [-0.15, -0.1) is 0 Å². The first kappa shape index (κ1) is 17.8. The van der Waals surface area contributed by atoms with Crippen molar-refractivity contribution in [2.75, 3.05) is 12.0 Å². The molecule has 1 spiro atoms. The third-order valence-corrected chi connectivity index (χ3v) is 4.70. The molecule has 1 atom stereocenters. The number of aryl methyl sites for hydroxylation is 1. The summed E-state index contributed by atoms with van der Waals surface area (Å²) in [4.78, 5) is 50.7. The lowest BCUT2D eigenvalue weighted by Crippen LogP contribution is -2.51. The number of carbonyl (C=O) groups is 4. The zero-order chi connectivity index (χ0) is 19.1. The Morgan fingerprint density at radius 1 is 1.19 bits per heavy atom. The predicted octanol–water partition coefficient (Wildman–Crippen LogP) is 1.03. The Kier molecular flexibility index (Phi) is 4.35. The molecule has 0 N–H and O–H groups in total. The molecular weight excluding hydrogens is 338 g/mol. The van der Waals surface area contributed by atoms with E-state index in [9.17, 15) is 19.2 Å². The third kappa shape index (κ3) is 2.58. The van der Waals surface area contributed by atoms with Crippen molar-refractivity contribution in [3.8, 4) is 0 Å². The van der Waals surface area contributed by atoms with Gasteiger partial charge in [-0.1, -0.05) is 19.1 Å². The molecule has 1 aromatic rings. The maximum absolute atomic E-state index is 13.2. The molecule has 0 aromatic heterocycles. The smallest absolute Gasteiger partial charge is 0.354 e. The van der Waals surface area contributed by atoms with Crippen LogP contribution < -0.4 is 4.90 Å². The molecule has 136 valence electrons. The molecule has 0 saturated carbocycles. The van der Waals surface area contributed by atoms with Crippen LogP contribution in [0.25, 0.3) is 0 Å². The summed E-state index contributed by atoms with van der Waals surface area (Å²) < 4.78 is 4.65. The van der Waals surface area contributed by atoms with Crippen molar-refractivity contribution >= 4 is 35.1 Å². The van der Waals surface area contributed by atoms with Crippen molar-refractivity contribution in [1.29, 1.82) is 0 Å². The maximum atomic E-state index is 13.2. The van der Waals surface area contributed by atoms with Gasteiger partial charge in [0.15, 0.2) is 5.54 Å². The lowest BCUT2D eigenvalue weighted by molar-refractivity contribution is -0.141. The van der Waals surface area contributed by atoms with Crippen molar-refractivity contribution in [3.63, 3.8) is 0 Å². The molecule has 2 heterocycles. The third-order valence-electron chi connectivity index (χ3n) is 4.70. The minimum atomic E-state index is -1.50. The zero-order valence-electron chi connectivity index (χ0n) is 14.8. The minimum absolute atomic E-state index is 0.0490. The summed E-state index contributed by atoms with van der Waals surface area (Å²) in [6.07, 6.45) is 0.457. The van der Waals surface area contributed by atoms with Crippen molar-refractivity contribution in [3.05, 3.63) is 29.8 Å². The van der Waals surface area contributed by atoms with E-state index in [4.69, 9.17) is 0 Å². The summed E-state index contributed by atoms with van der Waals surface area (Å²) >= 11 is 0. The summed E-state index contributed by atoms with van der Waals surface area (Å²) in [6.45, 7) is 3.24. The van der Waals surface area contributed by atoms with Crippen molar-refractivity contribution in [1.82, 2.24) is 5.01 Å². The highest BCUT2D eigenvalue weighted by Crippen LogP contribution is 2.40. The number of imide groups is 1. The molecule has 2 aliphatic heterocycles. The molecule has 0 aliphatic carbocycles. The van der Waals surface area contributed by atoms with E-state index >= 15 is 0 Å². The van der Waals surface area contributed by atoms with Gasteiger partial charge in [0.1, 0.15) is 5.71 Å². The van der Waals surface area contributed by atoms with Gasteiger partial charge in [-0.25, -0.2) is 14.7 Å². The Morgan fingerprint density at radius 2 is 1.85 bits per heavy atom. The second-order valence-corrected chi connectivity index (χ2v) is 6.31. The Labute approximate surface area is 150 Å². The van der Waals surface area contributed by atoms with Crippen molar-refractivity contribution in [2.24, 2.45) is 5.10 Å². The van der Waals surface area contributed by atoms with E-state index in [1.807, 2.05) is 19.1 Å². The number of ether oxygens (including phenoxy) is 1. The summed E-state index contributed by atoms with van der Waals surface area (Å²) in [5.74, 6) is -2.25. The molecule has 3 amide bonds. The number of hydrogen-bond donors (Lipinski definition) is 0. The monoisotopic (exact) mass is 357 g/mol. The number of hydrogen-bond acceptors (Lipinski definition) is 6. The molecule has 1 fully saturated rings. The first-order chi connectivity index (χ1) is 12.3. The Balaban J connectivity index is 1.98. The molecule has 1 saturated heterocycles. The van der Waals surface area contributed by atoms with Crippen LogP contribution in [-0.2, 0) is 30.3 Å². The van der Waals surface area contributed by atoms with E-state index in [0.29, 0.717) is 5.69 Å². The number of esters is 1. The molecule has 1 unspecified atom stereocenters. The van der Waals surface area contributed by atoms with E-state index < -0.39 is 29.2 Å². The fraction of sp³-hybridized carbons (Fsp3) is 0.389. The highest BCUT2D eigenvalue weighted by atomic mass is 16.5. The largest absolute Gasteiger partial charge is 0.464 e. The van der Waals surface area contributed by atoms with Gasteiger partial charge in [0.05, 0.1) is 19.2 Å². The number of nitrogens with zero attached hydrogens (tertiary/aromatic N) is 3. The number of rotatable bonds is 3. The van der Waals surface area contributed by atoms with E-state index in [1.54, 1.807) is 12.1 Å². The molecule has 8 heteroatoms. The van der Waals surface area contributed by atoms with Gasteiger partial charge >= 0.3 is 5.97 Å². The molecule has 8 nitrogen and oxygen atoms in total. The van der Waals surface area contributed by atoms with Crippen LogP contribution in [0.2, 0.25) is 0 Å². The average Bonchev–Trinajstić information content (AvgIpc) is 3.13. The summed E-state index contributed by atoms with van der Waals surface area (Å²) in [6, 6.07) is 7.08. The van der Waals surface area contributed by atoms with Crippen LogP contribution in [0.4, 0.5) is 5.69 Å². The van der Waals surface area contributed by atoms with Crippen LogP contribution in [0.3, 0.4) is 0 Å². The van der Waals surface area contributed by atoms with Gasteiger partial charge in [0.25, 0.3) is 5.91 Å². The van der Waals surface area contributed by atoms with E-state index in [-0.39, 0.29) is 18.6 Å². The molecule has 26 heavy (non-hydrogen) atoms. The lowest BCUT2D eigenvalue weighted by Gasteiger charge is -2.28. The first-order valence-electron chi connectivity index (χ1n) is 8.27. The highest BCUT2D eigenvalue weighted by molar-refractivity contribution is 6.39. The van der Waals surface area contributed by atoms with E-state index in [2.05, 4.69) is 9.84 Å². The van der Waals surface area contributed by atoms with Gasteiger partial charge < -0.3 is 4.74 Å². The quantitative estimate of drug-likeness (QED) is 0.595. The van der Waals surface area contributed by atoms with Crippen LogP contribution in [0.15, 0.2) is 29.4 Å². The summed E-state index contributed by atoms with van der Waals surface area (Å²) in [5, 5.41) is 4.90. The lowest BCUT2D eigenvalue weighted by atomic mass is 9.91. The minimum Gasteiger partial charge on any atom is -0.464 e. The summed E-state index contributed by atoms with van der Waals surface area (Å²) in [5.41, 5.74) is -0.0446. The number of amides is 3. The first-order valence-corrected chi connectivity index (χ1v) is 8.27. The van der Waals surface area contributed by atoms with Crippen LogP contribution in [0, 0.1) is 0 Å². The Hall–Kier alpha value is -3.03. The van der Waals surface area contributed by atoms with Crippen LogP contribution >= 0.6 is 0 Å². The predicted molar refractivity (Wildman–Crippen MR) is 92.2 cm³/mol. The van der Waals surface area contributed by atoms with Crippen LogP contribution in [0.5, 0.6) is 0 Å². The van der Waals surface area contributed by atoms with E-state index in [1.165, 1.54) is 14.0 Å². The number of carbonyl (C=O) groups excluding carboxylic acids is 4. The fourth-order valence-electron chi connectivity index (χ4n) is 3.38. The molecule has 0 bridgehead atoms. The molecule has 3 rings (SSSR count). The topological polar surface area (TPSA) is 96.3 Å². The maximum Gasteiger partial charge on any atom is 0.354 e. The molecule has 0 radical (unpaired) electrons. The van der Waals surface area contributed by atoms with Gasteiger partial charge in [0, 0.05) is 13.3 Å². The number of hydrazone groups is 1. The van der Waals surface area contributed by atoms with Gasteiger partial charge in [-0.05, 0) is 24.1 Å². The zero-order valence-corrected chi connectivity index (χ0v) is 14.8. The number of methoxy groups -OCH3 is 1. The molecular formula is C18H19N3O5. The van der Waals surface area contributed by atoms with Crippen LogP contribution in [0.1, 0.15) is 32.3 Å². The standard InChI is InChI=1S/C18H19N3O5/c1-4-12-5-7-13(8-6-12)20-15(23)10-18(17(20)25)9-14(16(24)26-3)19-21(18)11(2)22/h5-8H,4,9-10H2,1-3H3. The molecule has 1 aromatic carbocycles. The number of anilines is 1. The van der Waals surface area contributed by atoms with Gasteiger partial charge in [-0.3, -0.25) is 14.4 Å². The summed E-state index contributed by atoms with van der Waals surface area (Å²) in [7, 11) is 1.19. The number of benzene rings is 1. The van der Waals surface area contributed by atoms with Gasteiger partial charge in [-0.2, -0.15) is 5.10 Å². The van der Waals surface area contributed by atoms with Crippen molar-refractivity contribution in [2.45, 2.75) is 38.6 Å². The fourth-order valence-corrected chi connectivity index (χ4v) is 3.38. The average molecular weight is 357 g/mol.